The number of aryl methyl sites for hydroxylation is 2. The predicted octanol–water partition coefficient (Wildman–Crippen LogP) is 5.10. The van der Waals surface area contributed by atoms with Gasteiger partial charge in [0.05, 0.1) is 38.3 Å². The number of anilines is 1. The molecule has 0 saturated carbocycles. The number of ether oxygens (including phenoxy) is 3. The maximum atomic E-state index is 13.6. The molecule has 0 aliphatic heterocycles. The van der Waals surface area contributed by atoms with Gasteiger partial charge in [-0.3, -0.25) is 9.69 Å². The average molecular weight is 508 g/mol. The third-order valence-corrected chi connectivity index (χ3v) is 6.05. The monoisotopic (exact) mass is 507 g/mol. The molecular formula is C27H33N5O5. The standard InChI is InChI=1S/C27H33N5O5/c1-9-31-20(16(2)33)13-19-23-22(28-15-30(23)6)25(29-24(19)31)32(26(34)37-27(3,4)5)14-17-10-11-18(35-7)12-21(17)36-8/h10-13,15H,9,14H2,1-8H3. The zero-order chi connectivity index (χ0) is 27.1. The lowest BCUT2D eigenvalue weighted by atomic mass is 10.1. The molecule has 0 spiro atoms. The minimum atomic E-state index is -0.738. The molecule has 1 amide bonds. The lowest BCUT2D eigenvalue weighted by molar-refractivity contribution is 0.0576. The van der Waals surface area contributed by atoms with Gasteiger partial charge < -0.3 is 23.3 Å². The lowest BCUT2D eigenvalue weighted by Crippen LogP contribution is -2.37. The first-order valence-corrected chi connectivity index (χ1v) is 12.1. The van der Waals surface area contributed by atoms with Crippen LogP contribution in [-0.4, -0.2) is 50.8 Å². The normalized spacial score (nSPS) is 11.7. The van der Waals surface area contributed by atoms with Crippen LogP contribution < -0.4 is 14.4 Å². The summed E-state index contributed by atoms with van der Waals surface area (Å²) in [7, 11) is 5.02. The molecule has 10 nitrogen and oxygen atoms in total. The van der Waals surface area contributed by atoms with E-state index in [4.69, 9.17) is 19.2 Å². The summed E-state index contributed by atoms with van der Waals surface area (Å²) in [6.07, 6.45) is 1.10. The molecule has 1 aromatic carbocycles. The number of fused-ring (bicyclic) bond motifs is 3. The Balaban J connectivity index is 1.99. The Hall–Kier alpha value is -4.08. The maximum absolute atomic E-state index is 13.6. The number of rotatable bonds is 7. The van der Waals surface area contributed by atoms with Crippen molar-refractivity contribution < 1.29 is 23.8 Å². The number of carbonyl (C=O) groups excluding carboxylic acids is 2. The van der Waals surface area contributed by atoms with E-state index >= 15 is 0 Å². The number of ketones is 1. The Labute approximate surface area is 215 Å². The fourth-order valence-electron chi connectivity index (χ4n) is 4.39. The number of imidazole rings is 1. The van der Waals surface area contributed by atoms with Crippen LogP contribution >= 0.6 is 0 Å². The zero-order valence-electron chi connectivity index (χ0n) is 22.6. The Kier molecular flexibility index (Phi) is 6.86. The maximum Gasteiger partial charge on any atom is 0.416 e. The number of nitrogens with zero attached hydrogens (tertiary/aromatic N) is 5. The van der Waals surface area contributed by atoms with Gasteiger partial charge in [0.15, 0.2) is 11.6 Å². The molecule has 0 aliphatic rings. The van der Waals surface area contributed by atoms with E-state index < -0.39 is 11.7 Å². The zero-order valence-corrected chi connectivity index (χ0v) is 22.6. The summed E-state index contributed by atoms with van der Waals surface area (Å²) in [5.41, 5.74) is 2.43. The van der Waals surface area contributed by atoms with E-state index in [9.17, 15) is 9.59 Å². The highest BCUT2D eigenvalue weighted by Gasteiger charge is 2.30. The van der Waals surface area contributed by atoms with Gasteiger partial charge in [0.25, 0.3) is 0 Å². The molecule has 0 unspecified atom stereocenters. The molecule has 0 bridgehead atoms. The van der Waals surface area contributed by atoms with Gasteiger partial charge in [-0.1, -0.05) is 0 Å². The number of Topliss-reactive ketones (excluding diaryl/α,β-unsaturated/α-hetero) is 1. The molecule has 4 aromatic rings. The molecule has 196 valence electrons. The first-order valence-electron chi connectivity index (χ1n) is 12.1. The molecule has 37 heavy (non-hydrogen) atoms. The minimum Gasteiger partial charge on any atom is -0.497 e. The molecule has 0 radical (unpaired) electrons. The predicted molar refractivity (Wildman–Crippen MR) is 142 cm³/mol. The van der Waals surface area contributed by atoms with Gasteiger partial charge in [-0.15, -0.1) is 0 Å². The molecule has 3 aromatic heterocycles. The molecule has 10 heteroatoms. The van der Waals surface area contributed by atoms with E-state index in [0.29, 0.717) is 40.7 Å². The van der Waals surface area contributed by atoms with Crippen LogP contribution in [0.15, 0.2) is 30.6 Å². The summed E-state index contributed by atoms with van der Waals surface area (Å²) < 4.78 is 20.4. The highest BCUT2D eigenvalue weighted by molar-refractivity contribution is 6.11. The Morgan fingerprint density at radius 1 is 1.11 bits per heavy atom. The number of benzene rings is 1. The lowest BCUT2D eigenvalue weighted by Gasteiger charge is -2.27. The molecule has 4 rings (SSSR count). The second-order valence-corrected chi connectivity index (χ2v) is 9.80. The van der Waals surface area contributed by atoms with Crippen LogP contribution in [0.1, 0.15) is 50.7 Å². The molecule has 0 aliphatic carbocycles. The van der Waals surface area contributed by atoms with E-state index in [1.807, 2.05) is 56.0 Å². The second-order valence-electron chi connectivity index (χ2n) is 9.80. The fraction of sp³-hybridized carbons (Fsp3) is 0.407. The summed E-state index contributed by atoms with van der Waals surface area (Å²) in [6, 6.07) is 7.24. The number of aromatic nitrogens is 4. The van der Waals surface area contributed by atoms with Gasteiger partial charge in [-0.25, -0.2) is 14.8 Å². The van der Waals surface area contributed by atoms with Crippen molar-refractivity contribution in [2.45, 2.75) is 53.3 Å². The molecular weight excluding hydrogens is 474 g/mol. The molecule has 0 N–H and O–H groups in total. The summed E-state index contributed by atoms with van der Waals surface area (Å²) in [5.74, 6) is 1.46. The average Bonchev–Trinajstić information content (AvgIpc) is 3.41. The van der Waals surface area contributed by atoms with E-state index in [1.54, 1.807) is 32.7 Å². The fourth-order valence-corrected chi connectivity index (χ4v) is 4.39. The van der Waals surface area contributed by atoms with Crippen LogP contribution in [0.5, 0.6) is 11.5 Å². The summed E-state index contributed by atoms with van der Waals surface area (Å²) in [4.78, 5) is 37.0. The van der Waals surface area contributed by atoms with E-state index in [1.165, 1.54) is 11.8 Å². The second kappa shape index (κ2) is 9.76. The van der Waals surface area contributed by atoms with Crippen LogP contribution in [0, 0.1) is 0 Å². The number of hydrogen-bond donors (Lipinski definition) is 0. The summed E-state index contributed by atoms with van der Waals surface area (Å²) in [5, 5.41) is 0.789. The third kappa shape index (κ3) is 4.83. The van der Waals surface area contributed by atoms with Gasteiger partial charge in [0.2, 0.25) is 0 Å². The van der Waals surface area contributed by atoms with Crippen LogP contribution in [0.4, 0.5) is 10.6 Å². The molecule has 3 heterocycles. The Morgan fingerprint density at radius 2 is 1.84 bits per heavy atom. The molecule has 0 fully saturated rings. The van der Waals surface area contributed by atoms with Crippen LogP contribution in [0.2, 0.25) is 0 Å². The van der Waals surface area contributed by atoms with Crippen molar-refractivity contribution in [1.29, 1.82) is 0 Å². The molecule has 0 atom stereocenters. The minimum absolute atomic E-state index is 0.0660. The van der Waals surface area contributed by atoms with Gasteiger partial charge in [-0.05, 0) is 45.9 Å². The van der Waals surface area contributed by atoms with Crippen LogP contribution in [0.25, 0.3) is 22.1 Å². The van der Waals surface area contributed by atoms with Crippen molar-refractivity contribution in [1.82, 2.24) is 19.1 Å². The summed E-state index contributed by atoms with van der Waals surface area (Å²) >= 11 is 0. The number of carbonyl (C=O) groups is 2. The SMILES string of the molecule is CCn1c(C(C)=O)cc2c3c(ncn3C)c(N(Cc3ccc(OC)cc3OC)C(=O)OC(C)(C)C)nc21. The first-order chi connectivity index (χ1) is 17.5. The van der Waals surface area contributed by atoms with Crippen molar-refractivity contribution in [3.63, 3.8) is 0 Å². The van der Waals surface area contributed by atoms with Gasteiger partial charge >= 0.3 is 6.09 Å². The highest BCUT2D eigenvalue weighted by atomic mass is 16.6. The Morgan fingerprint density at radius 3 is 2.43 bits per heavy atom. The van der Waals surface area contributed by atoms with E-state index in [2.05, 4.69) is 4.98 Å². The molecule has 0 saturated heterocycles. The first kappa shape index (κ1) is 26.0. The van der Waals surface area contributed by atoms with Crippen molar-refractivity contribution in [2.75, 3.05) is 19.1 Å². The number of pyridine rings is 1. The van der Waals surface area contributed by atoms with Crippen LogP contribution in [0.3, 0.4) is 0 Å². The van der Waals surface area contributed by atoms with Gasteiger partial charge in [0.1, 0.15) is 28.3 Å². The highest BCUT2D eigenvalue weighted by Crippen LogP contribution is 2.35. The summed E-state index contributed by atoms with van der Waals surface area (Å²) in [6.45, 7) is 9.56. The van der Waals surface area contributed by atoms with Crippen LogP contribution in [-0.2, 0) is 24.9 Å². The quantitative estimate of drug-likeness (QED) is 0.321. The van der Waals surface area contributed by atoms with Gasteiger partial charge in [-0.2, -0.15) is 0 Å². The van der Waals surface area contributed by atoms with E-state index in [-0.39, 0.29) is 12.3 Å². The largest absolute Gasteiger partial charge is 0.497 e. The number of methoxy groups -OCH3 is 2. The van der Waals surface area contributed by atoms with E-state index in [0.717, 1.165) is 16.5 Å². The number of hydrogen-bond acceptors (Lipinski definition) is 7. The Bertz CT molecular complexity index is 1490. The topological polar surface area (TPSA) is 101 Å². The van der Waals surface area contributed by atoms with Gasteiger partial charge in [0, 0.05) is 37.5 Å². The number of amides is 1. The van der Waals surface area contributed by atoms with Crippen molar-refractivity contribution in [2.24, 2.45) is 7.05 Å². The van der Waals surface area contributed by atoms with Crippen molar-refractivity contribution in [3.8, 4) is 11.5 Å². The third-order valence-electron chi connectivity index (χ3n) is 6.05. The smallest absolute Gasteiger partial charge is 0.416 e. The van der Waals surface area contributed by atoms with Crippen molar-refractivity contribution >= 4 is 39.8 Å². The van der Waals surface area contributed by atoms with Crippen molar-refractivity contribution in [3.05, 3.63) is 41.9 Å².